The molecule has 3 aromatic rings. The topological polar surface area (TPSA) is 110 Å². The molecule has 2 heterocycles. The second-order valence-electron chi connectivity index (χ2n) is 8.54. The number of imide groups is 1. The van der Waals surface area contributed by atoms with Gasteiger partial charge in [-0.1, -0.05) is 48.5 Å². The molecule has 4 atom stereocenters. The Morgan fingerprint density at radius 2 is 1.37 bits per heavy atom. The third-order valence-corrected chi connectivity index (χ3v) is 6.70. The third kappa shape index (κ3) is 3.54. The Balaban J connectivity index is 1.67. The lowest BCUT2D eigenvalue weighted by Gasteiger charge is -2.32. The van der Waals surface area contributed by atoms with Crippen molar-refractivity contribution in [1.82, 2.24) is 4.90 Å². The van der Waals surface area contributed by atoms with Gasteiger partial charge in [0.2, 0.25) is 17.7 Å². The summed E-state index contributed by atoms with van der Waals surface area (Å²) in [5, 5.41) is 0. The number of fused-ring (bicyclic) bond motifs is 1. The van der Waals surface area contributed by atoms with Crippen LogP contribution >= 0.6 is 0 Å². The normalized spacial score (nSPS) is 23.3. The molecule has 0 saturated carbocycles. The predicted molar refractivity (Wildman–Crippen MR) is 127 cm³/mol. The Hall–Kier alpha value is -4.46. The van der Waals surface area contributed by atoms with Gasteiger partial charge >= 0.3 is 0 Å². The van der Waals surface area contributed by atoms with Crippen LogP contribution in [-0.2, 0) is 14.4 Å². The fourth-order valence-electron chi connectivity index (χ4n) is 5.19. The van der Waals surface area contributed by atoms with Gasteiger partial charge in [0, 0.05) is 5.56 Å². The van der Waals surface area contributed by atoms with E-state index in [2.05, 4.69) is 0 Å². The first-order valence-corrected chi connectivity index (χ1v) is 11.2. The van der Waals surface area contributed by atoms with Crippen LogP contribution in [0.4, 0.5) is 5.69 Å². The molecule has 0 bridgehead atoms. The number of nitrogens with two attached hydrogens (primary N) is 1. The lowest BCUT2D eigenvalue weighted by molar-refractivity contribution is -0.129. The van der Waals surface area contributed by atoms with Crippen LogP contribution in [0.15, 0.2) is 84.9 Å². The van der Waals surface area contributed by atoms with E-state index in [9.17, 15) is 19.2 Å². The second-order valence-corrected chi connectivity index (χ2v) is 8.54. The fraction of sp³-hybridized carbons (Fsp3) is 0.185. The Labute approximate surface area is 201 Å². The summed E-state index contributed by atoms with van der Waals surface area (Å²) in [5.74, 6) is -3.80. The molecule has 0 spiro atoms. The van der Waals surface area contributed by atoms with Gasteiger partial charge < -0.3 is 15.4 Å². The monoisotopic (exact) mass is 469 g/mol. The molecular formula is C27H23N3O5. The zero-order valence-corrected chi connectivity index (χ0v) is 18.9. The highest BCUT2D eigenvalue weighted by molar-refractivity contribution is 6.24. The van der Waals surface area contributed by atoms with Crippen molar-refractivity contribution in [2.45, 2.75) is 12.1 Å². The molecule has 3 aromatic carbocycles. The number of methoxy groups -OCH3 is 1. The summed E-state index contributed by atoms with van der Waals surface area (Å²) in [5.41, 5.74) is 7.15. The Bertz CT molecular complexity index is 1290. The molecule has 2 N–H and O–H groups in total. The number of carbonyl (C=O) groups is 4. The summed E-state index contributed by atoms with van der Waals surface area (Å²) in [6.07, 6.45) is 0. The average molecular weight is 469 g/mol. The second kappa shape index (κ2) is 8.72. The number of anilines is 1. The SMILES string of the molecule is COc1ccc(C2C3C(=O)N(c4ccccc4)C(=O)C3C(C(N)=O)N2C(=O)c2ccccc2)cc1. The molecule has 2 aliphatic heterocycles. The number of likely N-dealkylation sites (tertiary alicyclic amines) is 1. The average Bonchev–Trinajstić information content (AvgIpc) is 3.37. The molecule has 0 aromatic heterocycles. The molecule has 8 nitrogen and oxygen atoms in total. The smallest absolute Gasteiger partial charge is 0.255 e. The standard InChI is InChI=1S/C27H23N3O5/c1-35-19-14-12-16(13-15-19)22-20-21(27(34)29(26(20)33)18-10-6-3-7-11-18)23(24(28)31)30(22)25(32)17-8-4-2-5-9-17/h2-15,20-23H,1H3,(H2,28,31). The van der Waals surface area contributed by atoms with Gasteiger partial charge in [-0.25, -0.2) is 4.90 Å². The zero-order chi connectivity index (χ0) is 24.7. The molecule has 2 aliphatic rings. The number of carbonyl (C=O) groups excluding carboxylic acids is 4. The first-order chi connectivity index (χ1) is 16.9. The minimum atomic E-state index is -1.29. The van der Waals surface area contributed by atoms with Crippen molar-refractivity contribution in [2.24, 2.45) is 17.6 Å². The first kappa shape index (κ1) is 22.3. The summed E-state index contributed by atoms with van der Waals surface area (Å²) >= 11 is 0. The summed E-state index contributed by atoms with van der Waals surface area (Å²) in [7, 11) is 1.53. The Morgan fingerprint density at radius 1 is 0.800 bits per heavy atom. The molecule has 0 radical (unpaired) electrons. The van der Waals surface area contributed by atoms with E-state index in [1.165, 1.54) is 12.0 Å². The summed E-state index contributed by atoms with van der Waals surface area (Å²) in [6, 6.07) is 21.7. The summed E-state index contributed by atoms with van der Waals surface area (Å²) < 4.78 is 5.25. The van der Waals surface area contributed by atoms with Gasteiger partial charge in [0.25, 0.3) is 5.91 Å². The molecule has 8 heteroatoms. The lowest BCUT2D eigenvalue weighted by atomic mass is 9.86. The maximum atomic E-state index is 13.8. The predicted octanol–water partition coefficient (Wildman–Crippen LogP) is 2.55. The molecule has 176 valence electrons. The van der Waals surface area contributed by atoms with Gasteiger partial charge in [-0.15, -0.1) is 0 Å². The number of rotatable bonds is 5. The highest BCUT2D eigenvalue weighted by Crippen LogP contribution is 2.51. The minimum Gasteiger partial charge on any atom is -0.497 e. The quantitative estimate of drug-likeness (QED) is 0.578. The number of nitrogens with zero attached hydrogens (tertiary/aromatic N) is 2. The molecular weight excluding hydrogens is 446 g/mol. The van der Waals surface area contributed by atoms with E-state index in [0.29, 0.717) is 22.6 Å². The van der Waals surface area contributed by atoms with E-state index >= 15 is 0 Å². The lowest BCUT2D eigenvalue weighted by Crippen LogP contribution is -2.50. The van der Waals surface area contributed by atoms with E-state index in [-0.39, 0.29) is 0 Å². The molecule has 5 rings (SSSR count). The van der Waals surface area contributed by atoms with Crippen LogP contribution in [0.3, 0.4) is 0 Å². The number of hydrogen-bond acceptors (Lipinski definition) is 5. The van der Waals surface area contributed by atoms with Crippen molar-refractivity contribution in [3.63, 3.8) is 0 Å². The number of hydrogen-bond donors (Lipinski definition) is 1. The third-order valence-electron chi connectivity index (χ3n) is 6.70. The van der Waals surface area contributed by atoms with Crippen LogP contribution < -0.4 is 15.4 Å². The van der Waals surface area contributed by atoms with E-state index in [4.69, 9.17) is 10.5 Å². The van der Waals surface area contributed by atoms with Crippen molar-refractivity contribution < 1.29 is 23.9 Å². The van der Waals surface area contributed by atoms with Gasteiger partial charge in [-0.2, -0.15) is 0 Å². The van der Waals surface area contributed by atoms with E-state index in [1.807, 2.05) is 0 Å². The van der Waals surface area contributed by atoms with Crippen molar-refractivity contribution in [3.05, 3.63) is 96.1 Å². The molecule has 0 aliphatic carbocycles. The first-order valence-electron chi connectivity index (χ1n) is 11.2. The number of benzene rings is 3. The van der Waals surface area contributed by atoms with Crippen molar-refractivity contribution >= 4 is 29.3 Å². The van der Waals surface area contributed by atoms with Crippen LogP contribution in [0, 0.1) is 11.8 Å². The summed E-state index contributed by atoms with van der Waals surface area (Å²) in [6.45, 7) is 0. The number of amides is 4. The Morgan fingerprint density at radius 3 is 1.94 bits per heavy atom. The number of primary amides is 1. The summed E-state index contributed by atoms with van der Waals surface area (Å²) in [4.78, 5) is 56.3. The van der Waals surface area contributed by atoms with Crippen LogP contribution in [0.1, 0.15) is 22.0 Å². The molecule has 35 heavy (non-hydrogen) atoms. The highest BCUT2D eigenvalue weighted by Gasteiger charge is 2.65. The van der Waals surface area contributed by atoms with Crippen molar-refractivity contribution in [2.75, 3.05) is 12.0 Å². The number of ether oxygens (including phenoxy) is 1. The van der Waals surface area contributed by atoms with Gasteiger partial charge in [-0.05, 0) is 42.0 Å². The number of para-hydroxylation sites is 1. The molecule has 4 unspecified atom stereocenters. The van der Waals surface area contributed by atoms with Crippen LogP contribution in [0.5, 0.6) is 5.75 Å². The van der Waals surface area contributed by atoms with Gasteiger partial charge in [0.05, 0.1) is 30.7 Å². The molecule has 2 saturated heterocycles. The van der Waals surface area contributed by atoms with E-state index in [1.54, 1.807) is 84.9 Å². The maximum Gasteiger partial charge on any atom is 0.255 e. The highest BCUT2D eigenvalue weighted by atomic mass is 16.5. The van der Waals surface area contributed by atoms with Gasteiger partial charge in [-0.3, -0.25) is 19.2 Å². The minimum absolute atomic E-state index is 0.331. The van der Waals surface area contributed by atoms with Gasteiger partial charge in [0.15, 0.2) is 0 Å². The maximum absolute atomic E-state index is 13.8. The largest absolute Gasteiger partial charge is 0.497 e. The van der Waals surface area contributed by atoms with Crippen LogP contribution in [0.2, 0.25) is 0 Å². The molecule has 4 amide bonds. The van der Waals surface area contributed by atoms with Crippen molar-refractivity contribution in [1.29, 1.82) is 0 Å². The Kier molecular flexibility index (Phi) is 5.56. The fourth-order valence-corrected chi connectivity index (χ4v) is 5.19. The molecule has 2 fully saturated rings. The van der Waals surface area contributed by atoms with E-state index in [0.717, 1.165) is 4.90 Å². The van der Waals surface area contributed by atoms with Crippen LogP contribution in [-0.4, -0.2) is 41.7 Å². The van der Waals surface area contributed by atoms with Gasteiger partial charge in [0.1, 0.15) is 11.8 Å². The van der Waals surface area contributed by atoms with Crippen LogP contribution in [0.25, 0.3) is 0 Å². The van der Waals surface area contributed by atoms with E-state index < -0.39 is 47.5 Å². The zero-order valence-electron chi connectivity index (χ0n) is 18.9. The van der Waals surface area contributed by atoms with Crippen molar-refractivity contribution in [3.8, 4) is 5.75 Å².